The third-order valence-corrected chi connectivity index (χ3v) is 3.82. The van der Waals surface area contributed by atoms with E-state index in [2.05, 4.69) is 35.6 Å². The third kappa shape index (κ3) is 1.78. The molecule has 0 spiro atoms. The van der Waals surface area contributed by atoms with Gasteiger partial charge in [0, 0.05) is 6.54 Å². The summed E-state index contributed by atoms with van der Waals surface area (Å²) in [7, 11) is 0. The van der Waals surface area contributed by atoms with Crippen LogP contribution in [0, 0.1) is 0 Å². The Morgan fingerprint density at radius 1 is 1.00 bits per heavy atom. The lowest BCUT2D eigenvalue weighted by Gasteiger charge is -2.20. The van der Waals surface area contributed by atoms with Gasteiger partial charge < -0.3 is 14.8 Å². The fourth-order valence-electron chi connectivity index (χ4n) is 2.87. The van der Waals surface area contributed by atoms with Gasteiger partial charge in [0.15, 0.2) is 11.5 Å². The predicted molar refractivity (Wildman–Crippen MR) is 73.4 cm³/mol. The zero-order valence-electron chi connectivity index (χ0n) is 10.6. The Balaban J connectivity index is 1.84. The van der Waals surface area contributed by atoms with Gasteiger partial charge in [-0.25, -0.2) is 0 Å². The second-order valence-corrected chi connectivity index (χ2v) is 4.94. The highest BCUT2D eigenvalue weighted by Crippen LogP contribution is 2.37. The van der Waals surface area contributed by atoms with Crippen molar-refractivity contribution in [1.29, 1.82) is 0 Å². The molecule has 4 rings (SSSR count). The van der Waals surface area contributed by atoms with Gasteiger partial charge in [-0.3, -0.25) is 0 Å². The summed E-state index contributed by atoms with van der Waals surface area (Å²) in [5.74, 6) is 1.69. The molecule has 0 unspecified atom stereocenters. The summed E-state index contributed by atoms with van der Waals surface area (Å²) in [5.41, 5.74) is 5.39. The van der Waals surface area contributed by atoms with Crippen molar-refractivity contribution in [2.75, 3.05) is 13.3 Å². The predicted octanol–water partition coefficient (Wildman–Crippen LogP) is 2.73. The van der Waals surface area contributed by atoms with E-state index < -0.39 is 0 Å². The van der Waals surface area contributed by atoms with Crippen molar-refractivity contribution in [3.63, 3.8) is 0 Å². The van der Waals surface area contributed by atoms with Crippen LogP contribution in [0.25, 0.3) is 11.1 Å². The Hall–Kier alpha value is -2.00. The fourth-order valence-corrected chi connectivity index (χ4v) is 2.87. The van der Waals surface area contributed by atoms with Gasteiger partial charge in [-0.1, -0.05) is 24.3 Å². The molecular formula is C16H15NO2. The van der Waals surface area contributed by atoms with Crippen molar-refractivity contribution in [1.82, 2.24) is 5.32 Å². The summed E-state index contributed by atoms with van der Waals surface area (Å²) in [4.78, 5) is 0. The second kappa shape index (κ2) is 4.28. The van der Waals surface area contributed by atoms with Gasteiger partial charge >= 0.3 is 0 Å². The Morgan fingerprint density at radius 3 is 2.95 bits per heavy atom. The number of nitrogens with one attached hydrogen (secondary N) is 1. The van der Waals surface area contributed by atoms with E-state index in [0.717, 1.165) is 31.0 Å². The zero-order valence-corrected chi connectivity index (χ0v) is 10.6. The molecule has 2 aromatic carbocycles. The molecule has 1 N–H and O–H groups in total. The maximum absolute atomic E-state index is 5.47. The van der Waals surface area contributed by atoms with E-state index in [4.69, 9.17) is 9.47 Å². The van der Waals surface area contributed by atoms with E-state index in [0.29, 0.717) is 6.79 Å². The highest BCUT2D eigenvalue weighted by Gasteiger charge is 2.17. The van der Waals surface area contributed by atoms with Crippen LogP contribution < -0.4 is 14.8 Å². The number of ether oxygens (including phenoxy) is 2. The van der Waals surface area contributed by atoms with Gasteiger partial charge in [0.2, 0.25) is 6.79 Å². The molecule has 2 heterocycles. The van der Waals surface area contributed by atoms with Crippen LogP contribution in [0.5, 0.6) is 11.5 Å². The molecule has 19 heavy (non-hydrogen) atoms. The highest BCUT2D eigenvalue weighted by molar-refractivity contribution is 5.72. The van der Waals surface area contributed by atoms with Gasteiger partial charge in [-0.15, -0.1) is 0 Å². The molecule has 2 aliphatic rings. The Labute approximate surface area is 112 Å². The van der Waals surface area contributed by atoms with Gasteiger partial charge in [-0.05, 0) is 47.4 Å². The lowest BCUT2D eigenvalue weighted by atomic mass is 9.91. The first-order valence-corrected chi connectivity index (χ1v) is 6.63. The molecule has 2 aliphatic heterocycles. The summed E-state index contributed by atoms with van der Waals surface area (Å²) < 4.78 is 10.8. The Kier molecular flexibility index (Phi) is 2.45. The van der Waals surface area contributed by atoms with Gasteiger partial charge in [0.05, 0.1) is 0 Å². The largest absolute Gasteiger partial charge is 0.454 e. The summed E-state index contributed by atoms with van der Waals surface area (Å²) >= 11 is 0. The second-order valence-electron chi connectivity index (χ2n) is 4.94. The van der Waals surface area contributed by atoms with Crippen molar-refractivity contribution >= 4 is 0 Å². The molecule has 0 radical (unpaired) electrons. The van der Waals surface area contributed by atoms with Gasteiger partial charge in [0.1, 0.15) is 0 Å². The van der Waals surface area contributed by atoms with Crippen molar-refractivity contribution < 1.29 is 9.47 Å². The number of rotatable bonds is 1. The van der Waals surface area contributed by atoms with E-state index in [1.54, 1.807) is 0 Å². The maximum Gasteiger partial charge on any atom is 0.231 e. The average Bonchev–Trinajstić information content (AvgIpc) is 2.94. The normalized spacial score (nSPS) is 16.2. The summed E-state index contributed by atoms with van der Waals surface area (Å²) in [6, 6.07) is 12.7. The van der Waals surface area contributed by atoms with E-state index in [1.165, 1.54) is 22.3 Å². The Morgan fingerprint density at radius 2 is 1.95 bits per heavy atom. The van der Waals surface area contributed by atoms with Crippen molar-refractivity contribution in [3.05, 3.63) is 47.5 Å². The Bertz CT molecular complexity index is 637. The molecule has 0 fully saturated rings. The van der Waals surface area contributed by atoms with Crippen LogP contribution in [0.15, 0.2) is 36.4 Å². The van der Waals surface area contributed by atoms with Crippen LogP contribution in [0.2, 0.25) is 0 Å². The molecule has 2 aromatic rings. The zero-order chi connectivity index (χ0) is 12.7. The number of hydrogen-bond donors (Lipinski definition) is 1. The molecule has 0 atom stereocenters. The first-order chi connectivity index (χ1) is 9.42. The number of hydrogen-bond acceptors (Lipinski definition) is 3. The molecule has 0 aliphatic carbocycles. The minimum atomic E-state index is 0.329. The van der Waals surface area contributed by atoms with Crippen LogP contribution >= 0.6 is 0 Å². The average molecular weight is 253 g/mol. The summed E-state index contributed by atoms with van der Waals surface area (Å²) in [6.45, 7) is 2.35. The lowest BCUT2D eigenvalue weighted by Crippen LogP contribution is -2.23. The van der Waals surface area contributed by atoms with Crippen LogP contribution in [-0.4, -0.2) is 13.3 Å². The molecule has 0 bridgehead atoms. The summed E-state index contributed by atoms with van der Waals surface area (Å²) in [5, 5.41) is 3.42. The minimum absolute atomic E-state index is 0.329. The van der Waals surface area contributed by atoms with Crippen LogP contribution in [0.3, 0.4) is 0 Å². The standard InChI is InChI=1S/C16H15NO2/c1-2-12-9-17-7-6-14(12)13(3-1)11-4-5-15-16(8-11)19-10-18-15/h1-5,8,17H,6-7,9-10H2. The SMILES string of the molecule is c1cc2c(c(-c3ccc4c(c3)OCO4)c1)CCNC2. The first-order valence-electron chi connectivity index (χ1n) is 6.63. The first kappa shape index (κ1) is 10.9. The molecule has 0 aromatic heterocycles. The van der Waals surface area contributed by atoms with Crippen LogP contribution in [0.4, 0.5) is 0 Å². The highest BCUT2D eigenvalue weighted by atomic mass is 16.7. The van der Waals surface area contributed by atoms with Crippen molar-refractivity contribution in [2.45, 2.75) is 13.0 Å². The fraction of sp³-hybridized carbons (Fsp3) is 0.250. The smallest absolute Gasteiger partial charge is 0.231 e. The molecular weight excluding hydrogens is 238 g/mol. The molecule has 0 amide bonds. The molecule has 0 saturated heterocycles. The topological polar surface area (TPSA) is 30.5 Å². The monoisotopic (exact) mass is 253 g/mol. The minimum Gasteiger partial charge on any atom is -0.454 e. The van der Waals surface area contributed by atoms with E-state index in [9.17, 15) is 0 Å². The van der Waals surface area contributed by atoms with Crippen LogP contribution in [-0.2, 0) is 13.0 Å². The number of fused-ring (bicyclic) bond motifs is 2. The maximum atomic E-state index is 5.47. The quantitative estimate of drug-likeness (QED) is 0.847. The van der Waals surface area contributed by atoms with Crippen LogP contribution in [0.1, 0.15) is 11.1 Å². The van der Waals surface area contributed by atoms with Crippen molar-refractivity contribution in [2.24, 2.45) is 0 Å². The molecule has 3 nitrogen and oxygen atoms in total. The molecule has 0 saturated carbocycles. The lowest BCUT2D eigenvalue weighted by molar-refractivity contribution is 0.174. The summed E-state index contributed by atoms with van der Waals surface area (Å²) in [6.07, 6.45) is 1.08. The third-order valence-electron chi connectivity index (χ3n) is 3.82. The molecule has 3 heteroatoms. The number of benzene rings is 2. The molecule has 96 valence electrons. The van der Waals surface area contributed by atoms with Gasteiger partial charge in [0.25, 0.3) is 0 Å². The van der Waals surface area contributed by atoms with Crippen molar-refractivity contribution in [3.8, 4) is 22.6 Å². The van der Waals surface area contributed by atoms with E-state index in [-0.39, 0.29) is 0 Å². The van der Waals surface area contributed by atoms with E-state index in [1.807, 2.05) is 6.07 Å². The van der Waals surface area contributed by atoms with E-state index >= 15 is 0 Å². The van der Waals surface area contributed by atoms with Gasteiger partial charge in [-0.2, -0.15) is 0 Å².